The van der Waals surface area contributed by atoms with Crippen molar-refractivity contribution in [2.45, 2.75) is 25.8 Å². The average molecular weight is 339 g/mol. The summed E-state index contributed by atoms with van der Waals surface area (Å²) < 4.78 is 0. The van der Waals surface area contributed by atoms with Gasteiger partial charge < -0.3 is 15.3 Å². The molecule has 2 N–H and O–H groups in total. The number of aromatic nitrogens is 1. The van der Waals surface area contributed by atoms with Crippen LogP contribution in [0.4, 0.5) is 5.69 Å². The van der Waals surface area contributed by atoms with Crippen LogP contribution in [0.5, 0.6) is 0 Å². The van der Waals surface area contributed by atoms with Gasteiger partial charge in [0.15, 0.2) is 0 Å². The van der Waals surface area contributed by atoms with E-state index < -0.39 is 0 Å². The highest BCUT2D eigenvalue weighted by molar-refractivity contribution is 5.79. The van der Waals surface area contributed by atoms with Gasteiger partial charge in [-0.15, -0.1) is 0 Å². The van der Waals surface area contributed by atoms with Gasteiger partial charge in [0, 0.05) is 37.1 Å². The molecule has 1 fully saturated rings. The maximum atomic E-state index is 12.6. The fourth-order valence-electron chi connectivity index (χ4n) is 3.41. The first-order valence-electron chi connectivity index (χ1n) is 8.80. The van der Waals surface area contributed by atoms with Gasteiger partial charge >= 0.3 is 0 Å². The number of aliphatic hydroxyl groups is 1. The van der Waals surface area contributed by atoms with Crippen LogP contribution in [-0.4, -0.2) is 35.7 Å². The first-order valence-corrected chi connectivity index (χ1v) is 8.80. The first-order chi connectivity index (χ1) is 12.2. The van der Waals surface area contributed by atoms with Crippen molar-refractivity contribution < 1.29 is 9.90 Å². The molecule has 1 amide bonds. The van der Waals surface area contributed by atoms with E-state index in [2.05, 4.69) is 22.1 Å². The zero-order valence-electron chi connectivity index (χ0n) is 14.6. The molecule has 1 atom stereocenters. The number of carbonyl (C=O) groups is 1. The van der Waals surface area contributed by atoms with E-state index in [-0.39, 0.29) is 24.5 Å². The number of nitrogens with one attached hydrogen (secondary N) is 1. The summed E-state index contributed by atoms with van der Waals surface area (Å²) in [6.07, 6.45) is 5.33. The smallest absolute Gasteiger partial charge is 0.223 e. The van der Waals surface area contributed by atoms with Crippen molar-refractivity contribution >= 4 is 11.6 Å². The lowest BCUT2D eigenvalue weighted by Crippen LogP contribution is -2.42. The largest absolute Gasteiger partial charge is 0.394 e. The average Bonchev–Trinajstić information content (AvgIpc) is 2.67. The minimum atomic E-state index is -0.339. The number of aliphatic hydroxyl groups excluding tert-OH is 1. The van der Waals surface area contributed by atoms with Crippen molar-refractivity contribution in [2.75, 3.05) is 24.6 Å². The molecular formula is C20H25N3O2. The highest BCUT2D eigenvalue weighted by atomic mass is 16.3. The summed E-state index contributed by atoms with van der Waals surface area (Å²) in [4.78, 5) is 19.1. The first kappa shape index (κ1) is 17.4. The lowest BCUT2D eigenvalue weighted by atomic mass is 9.94. The zero-order chi connectivity index (χ0) is 17.6. The summed E-state index contributed by atoms with van der Waals surface area (Å²) >= 11 is 0. The van der Waals surface area contributed by atoms with E-state index in [1.165, 1.54) is 5.69 Å². The van der Waals surface area contributed by atoms with Gasteiger partial charge in [0.1, 0.15) is 0 Å². The molecule has 1 aromatic heterocycles. The molecule has 2 heterocycles. The number of piperidine rings is 1. The Labute approximate surface area is 148 Å². The SMILES string of the molecule is Cc1cnccc1N1CCC(C(=O)N[C@H](CO)c2ccccc2)CC1. The highest BCUT2D eigenvalue weighted by Crippen LogP contribution is 2.26. The van der Waals surface area contributed by atoms with Crippen molar-refractivity contribution in [1.82, 2.24) is 10.3 Å². The maximum Gasteiger partial charge on any atom is 0.223 e. The number of aryl methyl sites for hydroxylation is 1. The van der Waals surface area contributed by atoms with Crippen LogP contribution in [0.3, 0.4) is 0 Å². The van der Waals surface area contributed by atoms with Crippen LogP contribution in [0.2, 0.25) is 0 Å². The molecular weight excluding hydrogens is 314 g/mol. The Bertz CT molecular complexity index is 697. The lowest BCUT2D eigenvalue weighted by Gasteiger charge is -2.34. The Morgan fingerprint density at radius 2 is 2.00 bits per heavy atom. The van der Waals surface area contributed by atoms with Crippen LogP contribution < -0.4 is 10.2 Å². The monoisotopic (exact) mass is 339 g/mol. The van der Waals surface area contributed by atoms with Gasteiger partial charge in [0.25, 0.3) is 0 Å². The Morgan fingerprint density at radius 3 is 2.64 bits per heavy atom. The fraction of sp³-hybridized carbons (Fsp3) is 0.400. The van der Waals surface area contributed by atoms with Crippen molar-refractivity contribution in [1.29, 1.82) is 0 Å². The number of carbonyl (C=O) groups excluding carboxylic acids is 1. The molecule has 5 nitrogen and oxygen atoms in total. The number of anilines is 1. The van der Waals surface area contributed by atoms with E-state index in [1.807, 2.05) is 48.8 Å². The Morgan fingerprint density at radius 1 is 1.28 bits per heavy atom. The van der Waals surface area contributed by atoms with E-state index in [0.717, 1.165) is 37.1 Å². The minimum Gasteiger partial charge on any atom is -0.394 e. The van der Waals surface area contributed by atoms with Crippen LogP contribution in [0.1, 0.15) is 30.0 Å². The second-order valence-corrected chi connectivity index (χ2v) is 6.58. The van der Waals surface area contributed by atoms with E-state index in [9.17, 15) is 9.90 Å². The summed E-state index contributed by atoms with van der Waals surface area (Å²) in [5, 5.41) is 12.6. The molecule has 0 saturated carbocycles. The second-order valence-electron chi connectivity index (χ2n) is 6.58. The van der Waals surface area contributed by atoms with E-state index in [4.69, 9.17) is 0 Å². The van der Waals surface area contributed by atoms with Crippen LogP contribution in [0.15, 0.2) is 48.8 Å². The van der Waals surface area contributed by atoms with Crippen molar-refractivity contribution in [3.8, 4) is 0 Å². The van der Waals surface area contributed by atoms with Crippen LogP contribution in [-0.2, 0) is 4.79 Å². The number of pyridine rings is 1. The quantitative estimate of drug-likeness (QED) is 0.878. The molecule has 3 rings (SSSR count). The molecule has 1 aliphatic rings. The number of amides is 1. The third-order valence-electron chi connectivity index (χ3n) is 4.90. The van der Waals surface area contributed by atoms with Gasteiger partial charge in [-0.05, 0) is 37.0 Å². The lowest BCUT2D eigenvalue weighted by molar-refractivity contribution is -0.126. The Hall–Kier alpha value is -2.40. The van der Waals surface area contributed by atoms with E-state index in [0.29, 0.717) is 0 Å². The normalized spacial score (nSPS) is 16.5. The molecule has 25 heavy (non-hydrogen) atoms. The van der Waals surface area contributed by atoms with Gasteiger partial charge in [0.2, 0.25) is 5.91 Å². The topological polar surface area (TPSA) is 65.5 Å². The predicted molar refractivity (Wildman–Crippen MR) is 98.3 cm³/mol. The number of benzene rings is 1. The molecule has 1 aliphatic heterocycles. The zero-order valence-corrected chi connectivity index (χ0v) is 14.6. The number of hydrogen-bond donors (Lipinski definition) is 2. The third-order valence-corrected chi connectivity index (χ3v) is 4.90. The van der Waals surface area contributed by atoms with Crippen LogP contribution >= 0.6 is 0 Å². The highest BCUT2D eigenvalue weighted by Gasteiger charge is 2.27. The third kappa shape index (κ3) is 4.17. The standard InChI is InChI=1S/C20H25N3O2/c1-15-13-21-10-7-19(15)23-11-8-17(9-12-23)20(25)22-18(14-24)16-5-3-2-4-6-16/h2-7,10,13,17-18,24H,8-9,11-12,14H2,1H3,(H,22,25)/t18-/m1/s1. The van der Waals surface area contributed by atoms with Gasteiger partial charge in [-0.1, -0.05) is 30.3 Å². The summed E-state index contributed by atoms with van der Waals surface area (Å²) in [5.74, 6) is 0.0326. The Kier molecular flexibility index (Phi) is 5.66. The molecule has 5 heteroatoms. The number of nitrogens with zero attached hydrogens (tertiary/aromatic N) is 2. The van der Waals surface area contributed by atoms with Gasteiger partial charge in [-0.2, -0.15) is 0 Å². The molecule has 0 spiro atoms. The summed E-state index contributed by atoms with van der Waals surface area (Å²) in [5.41, 5.74) is 3.30. The Balaban J connectivity index is 1.57. The molecule has 0 aliphatic carbocycles. The summed E-state index contributed by atoms with van der Waals surface area (Å²) in [6, 6.07) is 11.3. The van der Waals surface area contributed by atoms with Crippen molar-refractivity contribution in [2.24, 2.45) is 5.92 Å². The minimum absolute atomic E-state index is 0.00356. The molecule has 2 aromatic rings. The molecule has 132 valence electrons. The van der Waals surface area contributed by atoms with Gasteiger partial charge in [0.05, 0.1) is 12.6 Å². The number of hydrogen-bond acceptors (Lipinski definition) is 4. The van der Waals surface area contributed by atoms with Crippen LogP contribution in [0, 0.1) is 12.8 Å². The molecule has 0 bridgehead atoms. The van der Waals surface area contributed by atoms with Gasteiger partial charge in [-0.3, -0.25) is 9.78 Å². The van der Waals surface area contributed by atoms with Crippen molar-refractivity contribution in [3.63, 3.8) is 0 Å². The molecule has 0 unspecified atom stereocenters. The molecule has 1 saturated heterocycles. The van der Waals surface area contributed by atoms with E-state index in [1.54, 1.807) is 0 Å². The summed E-state index contributed by atoms with van der Waals surface area (Å²) in [6.45, 7) is 3.69. The van der Waals surface area contributed by atoms with Gasteiger partial charge in [-0.25, -0.2) is 0 Å². The van der Waals surface area contributed by atoms with Crippen molar-refractivity contribution in [3.05, 3.63) is 59.9 Å². The number of rotatable bonds is 5. The molecule has 0 radical (unpaired) electrons. The molecule has 1 aromatic carbocycles. The second kappa shape index (κ2) is 8.12. The predicted octanol–water partition coefficient (Wildman–Crippen LogP) is 2.46. The fourth-order valence-corrected chi connectivity index (χ4v) is 3.41. The summed E-state index contributed by atoms with van der Waals surface area (Å²) in [7, 11) is 0. The van der Waals surface area contributed by atoms with Crippen LogP contribution in [0.25, 0.3) is 0 Å². The maximum absolute atomic E-state index is 12.6. The van der Waals surface area contributed by atoms with E-state index >= 15 is 0 Å².